The molecule has 2 saturated heterocycles. The summed E-state index contributed by atoms with van der Waals surface area (Å²) in [7, 11) is 0. The maximum Gasteiger partial charge on any atom is 0.319 e. The normalized spacial score (nSPS) is 22.2. The van der Waals surface area contributed by atoms with Gasteiger partial charge in [-0.1, -0.05) is 6.92 Å². The zero-order valence-electron chi connectivity index (χ0n) is 15.2. The van der Waals surface area contributed by atoms with Crippen molar-refractivity contribution in [2.45, 2.75) is 51.7 Å². The maximum atomic E-state index is 12.0. The third-order valence-corrected chi connectivity index (χ3v) is 5.30. The smallest absolute Gasteiger partial charge is 0.319 e. The van der Waals surface area contributed by atoms with E-state index in [1.54, 1.807) is 6.20 Å². The van der Waals surface area contributed by atoms with E-state index < -0.39 is 0 Å². The fraction of sp³-hybridized carbons (Fsp3) is 0.778. The lowest BCUT2D eigenvalue weighted by Crippen LogP contribution is -2.35. The number of piperidine rings is 1. The summed E-state index contributed by atoms with van der Waals surface area (Å²) in [5.74, 6) is 0.734. The molecule has 0 bridgehead atoms. The van der Waals surface area contributed by atoms with Crippen LogP contribution in [0.4, 0.5) is 10.5 Å². The fourth-order valence-electron chi connectivity index (χ4n) is 3.68. The summed E-state index contributed by atoms with van der Waals surface area (Å²) < 4.78 is 7.45. The molecule has 1 aromatic heterocycles. The standard InChI is InChI=1S/C18H31N5O2/c1-2-22-9-6-15(7-10-22)5-8-19-18(24)21-16-12-20-23(13-16)14-17-4-3-11-25-17/h12-13,15,17H,2-11,14H2,1H3,(H2,19,21,24). The van der Waals surface area contributed by atoms with Crippen LogP contribution in [0.2, 0.25) is 0 Å². The van der Waals surface area contributed by atoms with Crippen LogP contribution in [0.3, 0.4) is 0 Å². The largest absolute Gasteiger partial charge is 0.376 e. The molecule has 25 heavy (non-hydrogen) atoms. The Bertz CT molecular complexity index is 533. The Morgan fingerprint density at radius 2 is 2.20 bits per heavy atom. The van der Waals surface area contributed by atoms with Crippen molar-refractivity contribution < 1.29 is 9.53 Å². The van der Waals surface area contributed by atoms with Crippen LogP contribution in [0.15, 0.2) is 12.4 Å². The number of carbonyl (C=O) groups excluding carboxylic acids is 1. The molecule has 2 aliphatic rings. The molecule has 7 nitrogen and oxygen atoms in total. The van der Waals surface area contributed by atoms with E-state index in [0.717, 1.165) is 57.1 Å². The molecule has 1 aromatic rings. The van der Waals surface area contributed by atoms with Crippen molar-refractivity contribution in [2.24, 2.45) is 5.92 Å². The van der Waals surface area contributed by atoms with Crippen molar-refractivity contribution in [3.05, 3.63) is 12.4 Å². The number of likely N-dealkylation sites (tertiary alicyclic amines) is 1. The number of aromatic nitrogens is 2. The van der Waals surface area contributed by atoms with E-state index in [2.05, 4.69) is 27.6 Å². The molecule has 1 unspecified atom stereocenters. The molecule has 0 saturated carbocycles. The van der Waals surface area contributed by atoms with Crippen molar-refractivity contribution in [1.29, 1.82) is 0 Å². The molecular formula is C18H31N5O2. The van der Waals surface area contributed by atoms with Gasteiger partial charge in [0.15, 0.2) is 0 Å². The molecule has 2 aliphatic heterocycles. The van der Waals surface area contributed by atoms with Gasteiger partial charge in [0, 0.05) is 19.3 Å². The molecule has 0 aliphatic carbocycles. The van der Waals surface area contributed by atoms with Gasteiger partial charge in [-0.2, -0.15) is 5.10 Å². The first-order valence-electron chi connectivity index (χ1n) is 9.64. The second kappa shape index (κ2) is 9.20. The zero-order valence-corrected chi connectivity index (χ0v) is 15.2. The van der Waals surface area contributed by atoms with Crippen molar-refractivity contribution in [2.75, 3.05) is 38.1 Å². The third kappa shape index (κ3) is 5.71. The highest BCUT2D eigenvalue weighted by Gasteiger charge is 2.18. The Hall–Kier alpha value is -1.60. The van der Waals surface area contributed by atoms with Crippen LogP contribution in [-0.4, -0.2) is 59.6 Å². The minimum absolute atomic E-state index is 0.150. The van der Waals surface area contributed by atoms with Gasteiger partial charge in [0.1, 0.15) is 0 Å². The van der Waals surface area contributed by atoms with Crippen molar-refractivity contribution in [3.63, 3.8) is 0 Å². The molecule has 2 amide bonds. The van der Waals surface area contributed by atoms with Gasteiger partial charge < -0.3 is 20.3 Å². The lowest BCUT2D eigenvalue weighted by atomic mass is 9.93. The van der Waals surface area contributed by atoms with Crippen LogP contribution < -0.4 is 10.6 Å². The van der Waals surface area contributed by atoms with Crippen LogP contribution in [0.5, 0.6) is 0 Å². The summed E-state index contributed by atoms with van der Waals surface area (Å²) >= 11 is 0. The van der Waals surface area contributed by atoms with E-state index in [1.165, 1.54) is 25.9 Å². The van der Waals surface area contributed by atoms with Crippen LogP contribution in [0, 0.1) is 5.92 Å². The second-order valence-corrected chi connectivity index (χ2v) is 7.13. The topological polar surface area (TPSA) is 71.4 Å². The number of carbonyl (C=O) groups is 1. The van der Waals surface area contributed by atoms with Crippen LogP contribution in [0.25, 0.3) is 0 Å². The van der Waals surface area contributed by atoms with E-state index in [9.17, 15) is 4.79 Å². The molecule has 0 radical (unpaired) electrons. The summed E-state index contributed by atoms with van der Waals surface area (Å²) in [6.45, 7) is 8.07. The number of ether oxygens (including phenoxy) is 1. The van der Waals surface area contributed by atoms with Gasteiger partial charge in [-0.15, -0.1) is 0 Å². The average molecular weight is 349 g/mol. The fourth-order valence-corrected chi connectivity index (χ4v) is 3.68. The van der Waals surface area contributed by atoms with E-state index in [-0.39, 0.29) is 12.1 Å². The van der Waals surface area contributed by atoms with Crippen LogP contribution in [-0.2, 0) is 11.3 Å². The highest BCUT2D eigenvalue weighted by Crippen LogP contribution is 2.19. The van der Waals surface area contributed by atoms with Crippen LogP contribution in [0.1, 0.15) is 39.0 Å². The molecule has 7 heteroatoms. The first-order valence-corrected chi connectivity index (χ1v) is 9.64. The minimum atomic E-state index is -0.150. The molecule has 2 fully saturated rings. The Balaban J connectivity index is 1.32. The van der Waals surface area contributed by atoms with Gasteiger partial charge in [0.2, 0.25) is 0 Å². The molecule has 2 N–H and O–H groups in total. The third-order valence-electron chi connectivity index (χ3n) is 5.30. The summed E-state index contributed by atoms with van der Waals surface area (Å²) in [6, 6.07) is -0.150. The van der Waals surface area contributed by atoms with E-state index in [0.29, 0.717) is 0 Å². The van der Waals surface area contributed by atoms with E-state index >= 15 is 0 Å². The SMILES string of the molecule is CCN1CCC(CCNC(=O)Nc2cnn(CC3CCCO3)c2)CC1. The summed E-state index contributed by atoms with van der Waals surface area (Å²) in [5, 5.41) is 10.1. The van der Waals surface area contributed by atoms with Gasteiger partial charge >= 0.3 is 6.03 Å². The highest BCUT2D eigenvalue weighted by molar-refractivity contribution is 5.88. The van der Waals surface area contributed by atoms with Gasteiger partial charge in [-0.3, -0.25) is 4.68 Å². The number of anilines is 1. The van der Waals surface area contributed by atoms with Crippen LogP contribution >= 0.6 is 0 Å². The number of urea groups is 1. The van der Waals surface area contributed by atoms with Gasteiger partial charge in [0.05, 0.1) is 24.5 Å². The first kappa shape index (κ1) is 18.2. The first-order chi connectivity index (χ1) is 12.2. The lowest BCUT2D eigenvalue weighted by molar-refractivity contribution is 0.0940. The van der Waals surface area contributed by atoms with E-state index in [1.807, 2.05) is 10.9 Å². The Kier molecular flexibility index (Phi) is 6.69. The predicted molar refractivity (Wildman–Crippen MR) is 97.7 cm³/mol. The number of amides is 2. The van der Waals surface area contributed by atoms with E-state index in [4.69, 9.17) is 4.74 Å². The molecular weight excluding hydrogens is 318 g/mol. The van der Waals surface area contributed by atoms with Crippen molar-refractivity contribution >= 4 is 11.7 Å². The molecule has 0 aromatic carbocycles. The molecule has 3 rings (SSSR count). The molecule has 3 heterocycles. The van der Waals surface area contributed by atoms with Gasteiger partial charge in [0.25, 0.3) is 0 Å². The monoisotopic (exact) mass is 349 g/mol. The summed E-state index contributed by atoms with van der Waals surface area (Å²) in [6.07, 6.45) is 9.55. The quantitative estimate of drug-likeness (QED) is 0.792. The Labute approximate surface area is 150 Å². The lowest BCUT2D eigenvalue weighted by Gasteiger charge is -2.30. The number of hydrogen-bond donors (Lipinski definition) is 2. The second-order valence-electron chi connectivity index (χ2n) is 7.13. The summed E-state index contributed by atoms with van der Waals surface area (Å²) in [4.78, 5) is 14.5. The van der Waals surface area contributed by atoms with Crippen molar-refractivity contribution in [1.82, 2.24) is 20.0 Å². The highest BCUT2D eigenvalue weighted by atomic mass is 16.5. The Morgan fingerprint density at radius 3 is 2.92 bits per heavy atom. The van der Waals surface area contributed by atoms with Crippen molar-refractivity contribution in [3.8, 4) is 0 Å². The Morgan fingerprint density at radius 1 is 1.36 bits per heavy atom. The molecule has 1 atom stereocenters. The zero-order chi connectivity index (χ0) is 17.5. The average Bonchev–Trinajstić information content (AvgIpc) is 3.28. The minimum Gasteiger partial charge on any atom is -0.376 e. The summed E-state index contributed by atoms with van der Waals surface area (Å²) in [5.41, 5.74) is 0.728. The number of hydrogen-bond acceptors (Lipinski definition) is 4. The number of nitrogens with zero attached hydrogens (tertiary/aromatic N) is 3. The molecule has 140 valence electrons. The van der Waals surface area contributed by atoms with Gasteiger partial charge in [-0.05, 0) is 57.7 Å². The predicted octanol–water partition coefficient (Wildman–Crippen LogP) is 2.31. The maximum absolute atomic E-state index is 12.0. The number of rotatable bonds is 7. The molecule has 0 spiro atoms. The van der Waals surface area contributed by atoms with Gasteiger partial charge in [-0.25, -0.2) is 4.79 Å². The number of nitrogens with one attached hydrogen (secondary N) is 2.